The van der Waals surface area contributed by atoms with Gasteiger partial charge in [0.05, 0.1) is 31.1 Å². The van der Waals surface area contributed by atoms with Crippen LogP contribution in [0.2, 0.25) is 0 Å². The second kappa shape index (κ2) is 8.58. The van der Waals surface area contributed by atoms with Crippen molar-refractivity contribution in [2.45, 2.75) is 44.6 Å². The number of aromatic nitrogens is 3. The van der Waals surface area contributed by atoms with Gasteiger partial charge in [-0.2, -0.15) is 13.2 Å². The summed E-state index contributed by atoms with van der Waals surface area (Å²) in [5, 5.41) is 13.4. The van der Waals surface area contributed by atoms with Gasteiger partial charge < -0.3 is 25.0 Å². The zero-order valence-electron chi connectivity index (χ0n) is 19.4. The SMILES string of the molecule is Cc1c[nH]c2ncc(-c3cc4c(c([C@@H]5COCCN5)c3)CN(C(=O)C(C)(O)C(F)(F)F)CC4)nc12. The van der Waals surface area contributed by atoms with Gasteiger partial charge in [-0.25, -0.2) is 9.97 Å². The molecule has 8 nitrogen and oxygen atoms in total. The second-order valence-electron chi connectivity index (χ2n) is 9.26. The average molecular weight is 489 g/mol. The molecule has 0 bridgehead atoms. The summed E-state index contributed by atoms with van der Waals surface area (Å²) in [5.74, 6) is -1.35. The Morgan fingerprint density at radius 3 is 2.83 bits per heavy atom. The number of aliphatic hydroxyl groups is 1. The fourth-order valence-corrected chi connectivity index (χ4v) is 4.68. The predicted molar refractivity (Wildman–Crippen MR) is 121 cm³/mol. The van der Waals surface area contributed by atoms with Gasteiger partial charge in [0.1, 0.15) is 5.52 Å². The Labute approximate surface area is 199 Å². The number of nitrogens with one attached hydrogen (secondary N) is 2. The van der Waals surface area contributed by atoms with E-state index in [1.165, 1.54) is 0 Å². The van der Waals surface area contributed by atoms with Gasteiger partial charge in [-0.1, -0.05) is 0 Å². The third kappa shape index (κ3) is 4.17. The minimum Gasteiger partial charge on any atom is -0.378 e. The summed E-state index contributed by atoms with van der Waals surface area (Å²) in [5.41, 5.74) is 3.03. The molecule has 2 aliphatic heterocycles. The Kier molecular flexibility index (Phi) is 5.81. The van der Waals surface area contributed by atoms with Gasteiger partial charge in [0.15, 0.2) is 5.65 Å². The number of amides is 1. The number of aryl methyl sites for hydroxylation is 1. The van der Waals surface area contributed by atoms with E-state index in [1.54, 1.807) is 6.20 Å². The zero-order valence-corrected chi connectivity index (χ0v) is 19.4. The molecule has 1 unspecified atom stereocenters. The summed E-state index contributed by atoms with van der Waals surface area (Å²) in [6.45, 7) is 4.07. The van der Waals surface area contributed by atoms with Crippen LogP contribution in [-0.4, -0.2) is 68.9 Å². The minimum atomic E-state index is -5.07. The van der Waals surface area contributed by atoms with Crippen molar-refractivity contribution in [3.63, 3.8) is 0 Å². The molecular formula is C24H26F3N5O3. The summed E-state index contributed by atoms with van der Waals surface area (Å²) in [7, 11) is 0. The first kappa shape index (κ1) is 23.7. The summed E-state index contributed by atoms with van der Waals surface area (Å²) in [6.07, 6.45) is -1.18. The van der Waals surface area contributed by atoms with E-state index in [0.29, 0.717) is 44.4 Å². The molecule has 35 heavy (non-hydrogen) atoms. The number of fused-ring (bicyclic) bond motifs is 2. The molecular weight excluding hydrogens is 463 g/mol. The van der Waals surface area contributed by atoms with Crippen LogP contribution in [0.4, 0.5) is 13.2 Å². The number of carbonyl (C=O) groups excluding carboxylic acids is 1. The van der Waals surface area contributed by atoms with Crippen molar-refractivity contribution in [2.75, 3.05) is 26.3 Å². The Balaban J connectivity index is 1.56. The lowest BCUT2D eigenvalue weighted by Crippen LogP contribution is -2.56. The van der Waals surface area contributed by atoms with Crippen LogP contribution >= 0.6 is 0 Å². The quantitative estimate of drug-likeness (QED) is 0.523. The van der Waals surface area contributed by atoms with Crippen LogP contribution in [0.25, 0.3) is 22.4 Å². The first-order chi connectivity index (χ1) is 16.6. The summed E-state index contributed by atoms with van der Waals surface area (Å²) in [6, 6.07) is 3.71. The fraction of sp³-hybridized carbons (Fsp3) is 0.458. The van der Waals surface area contributed by atoms with Gasteiger partial charge >= 0.3 is 6.18 Å². The molecule has 2 atom stereocenters. The number of H-pyrrole nitrogens is 1. The van der Waals surface area contributed by atoms with Crippen LogP contribution in [0.3, 0.4) is 0 Å². The van der Waals surface area contributed by atoms with Crippen molar-refractivity contribution in [2.24, 2.45) is 0 Å². The van der Waals surface area contributed by atoms with E-state index < -0.39 is 17.7 Å². The largest absolute Gasteiger partial charge is 0.426 e. The van der Waals surface area contributed by atoms with Crippen molar-refractivity contribution in [1.29, 1.82) is 0 Å². The molecule has 5 rings (SSSR count). The van der Waals surface area contributed by atoms with Crippen LogP contribution in [-0.2, 0) is 22.5 Å². The Bertz CT molecular complexity index is 1280. The lowest BCUT2D eigenvalue weighted by molar-refractivity contribution is -0.250. The van der Waals surface area contributed by atoms with Crippen molar-refractivity contribution in [3.05, 3.63) is 46.8 Å². The first-order valence-electron chi connectivity index (χ1n) is 11.4. The zero-order chi connectivity index (χ0) is 25.0. The van der Waals surface area contributed by atoms with Gasteiger partial charge in [0, 0.05) is 31.4 Å². The minimum absolute atomic E-state index is 0.0319. The van der Waals surface area contributed by atoms with Gasteiger partial charge in [0.2, 0.25) is 5.60 Å². The van der Waals surface area contributed by atoms with Crippen molar-refractivity contribution in [3.8, 4) is 11.3 Å². The summed E-state index contributed by atoms with van der Waals surface area (Å²) < 4.78 is 45.6. The maximum Gasteiger partial charge on any atom is 0.426 e. The highest BCUT2D eigenvalue weighted by Gasteiger charge is 2.57. The van der Waals surface area contributed by atoms with Gasteiger partial charge in [-0.05, 0) is 54.7 Å². The number of hydrogen-bond acceptors (Lipinski definition) is 6. The van der Waals surface area contributed by atoms with Crippen LogP contribution in [0, 0.1) is 6.92 Å². The van der Waals surface area contributed by atoms with Crippen LogP contribution < -0.4 is 5.32 Å². The average Bonchev–Trinajstić information content (AvgIpc) is 3.22. The van der Waals surface area contributed by atoms with Crippen LogP contribution in [0.1, 0.15) is 35.2 Å². The van der Waals surface area contributed by atoms with Crippen molar-refractivity contribution in [1.82, 2.24) is 25.2 Å². The molecule has 2 aromatic heterocycles. The number of nitrogens with zero attached hydrogens (tertiary/aromatic N) is 3. The van der Waals surface area contributed by atoms with Gasteiger partial charge in [-0.15, -0.1) is 0 Å². The molecule has 4 heterocycles. The predicted octanol–water partition coefficient (Wildman–Crippen LogP) is 2.79. The molecule has 1 aromatic carbocycles. The molecule has 0 saturated carbocycles. The first-order valence-corrected chi connectivity index (χ1v) is 11.4. The Hall–Kier alpha value is -3.02. The van der Waals surface area contributed by atoms with E-state index in [4.69, 9.17) is 9.72 Å². The van der Waals surface area contributed by atoms with E-state index in [1.807, 2.05) is 25.3 Å². The third-order valence-electron chi connectivity index (χ3n) is 6.80. The molecule has 186 valence electrons. The molecule has 1 fully saturated rings. The highest BCUT2D eigenvalue weighted by Crippen LogP contribution is 2.36. The molecule has 0 radical (unpaired) electrons. The number of aromatic amines is 1. The summed E-state index contributed by atoms with van der Waals surface area (Å²) >= 11 is 0. The third-order valence-corrected chi connectivity index (χ3v) is 6.80. The van der Waals surface area contributed by atoms with Crippen molar-refractivity contribution < 1.29 is 27.8 Å². The van der Waals surface area contributed by atoms with E-state index in [0.717, 1.165) is 38.2 Å². The monoisotopic (exact) mass is 489 g/mol. The number of rotatable bonds is 3. The van der Waals surface area contributed by atoms with E-state index >= 15 is 0 Å². The number of halogens is 3. The van der Waals surface area contributed by atoms with Gasteiger partial charge in [0.25, 0.3) is 5.91 Å². The van der Waals surface area contributed by atoms with E-state index in [-0.39, 0.29) is 19.1 Å². The smallest absolute Gasteiger partial charge is 0.378 e. The van der Waals surface area contributed by atoms with Gasteiger partial charge in [-0.3, -0.25) is 4.79 Å². The van der Waals surface area contributed by atoms with E-state index in [9.17, 15) is 23.1 Å². The molecule has 2 aliphatic rings. The Morgan fingerprint density at radius 1 is 1.31 bits per heavy atom. The summed E-state index contributed by atoms with van der Waals surface area (Å²) in [4.78, 5) is 26.1. The highest BCUT2D eigenvalue weighted by atomic mass is 19.4. The number of benzene rings is 1. The fourth-order valence-electron chi connectivity index (χ4n) is 4.68. The normalized spacial score (nSPS) is 20.5. The lowest BCUT2D eigenvalue weighted by Gasteiger charge is -2.37. The second-order valence-corrected chi connectivity index (χ2v) is 9.26. The molecule has 1 amide bonds. The maximum atomic E-state index is 13.3. The molecule has 11 heteroatoms. The maximum absolute atomic E-state index is 13.3. The number of alkyl halides is 3. The van der Waals surface area contributed by atoms with Crippen molar-refractivity contribution >= 4 is 17.1 Å². The lowest BCUT2D eigenvalue weighted by atomic mass is 9.87. The Morgan fingerprint density at radius 2 is 2.11 bits per heavy atom. The number of ether oxygens (including phenoxy) is 1. The van der Waals surface area contributed by atoms with Crippen LogP contribution in [0.15, 0.2) is 24.5 Å². The standard InChI is InChI=1S/C24H26F3N5O3/c1-13-9-29-21-20(13)31-18(10-30-21)15-7-14-3-5-32(22(33)23(2,34)24(25,26)27)11-17(14)16(8-15)19-12-35-6-4-28-19/h7-10,19,28,34H,3-6,11-12H2,1-2H3,(H,29,30)/t19-,23?/m0/s1. The molecule has 0 spiro atoms. The van der Waals surface area contributed by atoms with E-state index in [2.05, 4.69) is 15.3 Å². The molecule has 1 saturated heterocycles. The topological polar surface area (TPSA) is 103 Å². The molecule has 3 N–H and O–H groups in total. The molecule has 0 aliphatic carbocycles. The number of carbonyl (C=O) groups is 1. The number of morpholine rings is 1. The molecule has 3 aromatic rings. The number of hydrogen-bond donors (Lipinski definition) is 3. The highest BCUT2D eigenvalue weighted by molar-refractivity contribution is 5.86. The van der Waals surface area contributed by atoms with Crippen LogP contribution in [0.5, 0.6) is 0 Å².